The quantitative estimate of drug-likeness (QED) is 0.608. The third-order valence-electron chi connectivity index (χ3n) is 1.48. The summed E-state index contributed by atoms with van der Waals surface area (Å²) < 4.78 is 4.76. The van der Waals surface area contributed by atoms with Gasteiger partial charge in [-0.2, -0.15) is 0 Å². The first kappa shape index (κ1) is 11.5. The number of hydrogen-bond acceptors (Lipinski definition) is 4. The second kappa shape index (κ2) is 5.31. The molecule has 0 saturated carbocycles. The molecule has 6 heteroatoms. The molecule has 80 valence electrons. The summed E-state index contributed by atoms with van der Waals surface area (Å²) in [6.07, 6.45) is 4.23. The maximum absolute atomic E-state index is 11.2. The molecule has 5 nitrogen and oxygen atoms in total. The molecule has 1 aromatic rings. The van der Waals surface area contributed by atoms with Crippen molar-refractivity contribution in [2.45, 2.75) is 6.92 Å². The normalized spacial score (nSPS) is 10.5. The zero-order valence-electron chi connectivity index (χ0n) is 8.08. The number of ether oxygens (including phenoxy) is 1. The van der Waals surface area contributed by atoms with Crippen LogP contribution in [0.2, 0.25) is 0 Å². The molecule has 0 aromatic carbocycles. The van der Waals surface area contributed by atoms with Crippen molar-refractivity contribution in [3.8, 4) is 0 Å². The van der Waals surface area contributed by atoms with E-state index in [-0.39, 0.29) is 10.9 Å². The number of H-pyrrole nitrogens is 1. The van der Waals surface area contributed by atoms with Gasteiger partial charge in [-0.3, -0.25) is 5.41 Å². The van der Waals surface area contributed by atoms with Gasteiger partial charge >= 0.3 is 5.97 Å². The molecule has 0 spiro atoms. The van der Waals surface area contributed by atoms with E-state index in [0.29, 0.717) is 12.4 Å². The number of imidazole rings is 1. The van der Waals surface area contributed by atoms with Crippen LogP contribution >= 0.6 is 11.6 Å². The molecule has 1 aromatic heterocycles. The fourth-order valence-electron chi connectivity index (χ4n) is 0.886. The third kappa shape index (κ3) is 3.55. The molecule has 0 fully saturated rings. The van der Waals surface area contributed by atoms with Crippen molar-refractivity contribution in [2.75, 3.05) is 6.61 Å². The van der Waals surface area contributed by atoms with Gasteiger partial charge < -0.3 is 9.72 Å². The molecule has 0 unspecified atom stereocenters. The Hall–Kier alpha value is -1.62. The lowest BCUT2D eigenvalue weighted by Crippen LogP contribution is -2.04. The topological polar surface area (TPSA) is 78.8 Å². The molecule has 0 amide bonds. The fourth-order valence-corrected chi connectivity index (χ4v) is 0.949. The van der Waals surface area contributed by atoms with E-state index in [1.807, 2.05) is 0 Å². The van der Waals surface area contributed by atoms with Gasteiger partial charge in [0.05, 0.1) is 12.8 Å². The van der Waals surface area contributed by atoms with E-state index >= 15 is 0 Å². The molecule has 1 rings (SSSR count). The SMILES string of the molecule is CCOC(=O)c1cnc(/C=C\C(=N)Cl)[nH]1. The standard InChI is InChI=1S/C9H10ClN3O2/c1-2-15-9(14)6-5-12-8(13-6)4-3-7(10)11/h3-5,11H,2H2,1H3,(H,12,13)/b4-3-,11-7?. The van der Waals surface area contributed by atoms with Gasteiger partial charge in [-0.05, 0) is 19.1 Å². The summed E-state index contributed by atoms with van der Waals surface area (Å²) in [5.74, 6) is -0.00551. The van der Waals surface area contributed by atoms with Crippen molar-refractivity contribution >= 4 is 28.8 Å². The highest BCUT2D eigenvalue weighted by Gasteiger charge is 2.08. The monoisotopic (exact) mass is 227 g/mol. The minimum absolute atomic E-state index is 0.107. The van der Waals surface area contributed by atoms with Crippen LogP contribution in [-0.4, -0.2) is 27.7 Å². The van der Waals surface area contributed by atoms with Crippen LogP contribution in [0.25, 0.3) is 6.08 Å². The van der Waals surface area contributed by atoms with Crippen LogP contribution in [0.1, 0.15) is 23.2 Å². The highest BCUT2D eigenvalue weighted by molar-refractivity contribution is 6.67. The van der Waals surface area contributed by atoms with Gasteiger partial charge in [0.25, 0.3) is 0 Å². The minimum atomic E-state index is -0.453. The average Bonchev–Trinajstić information content (AvgIpc) is 2.63. The van der Waals surface area contributed by atoms with E-state index in [2.05, 4.69) is 9.97 Å². The zero-order chi connectivity index (χ0) is 11.3. The van der Waals surface area contributed by atoms with Crippen LogP contribution < -0.4 is 0 Å². The first-order chi connectivity index (χ1) is 7.13. The summed E-state index contributed by atoms with van der Waals surface area (Å²) in [7, 11) is 0. The van der Waals surface area contributed by atoms with Crippen molar-refractivity contribution in [1.82, 2.24) is 9.97 Å². The molecule has 15 heavy (non-hydrogen) atoms. The predicted molar refractivity (Wildman–Crippen MR) is 57.2 cm³/mol. The number of carbonyl (C=O) groups is 1. The first-order valence-corrected chi connectivity index (χ1v) is 4.65. The molecule has 2 N–H and O–H groups in total. The summed E-state index contributed by atoms with van der Waals surface area (Å²) in [6.45, 7) is 2.04. The van der Waals surface area contributed by atoms with Crippen LogP contribution in [0.4, 0.5) is 0 Å². The molecule has 0 aliphatic carbocycles. The Balaban J connectivity index is 2.72. The van der Waals surface area contributed by atoms with E-state index < -0.39 is 5.97 Å². The Morgan fingerprint density at radius 3 is 3.13 bits per heavy atom. The van der Waals surface area contributed by atoms with Crippen LogP contribution in [0.15, 0.2) is 12.3 Å². The lowest BCUT2D eigenvalue weighted by Gasteiger charge is -1.96. The first-order valence-electron chi connectivity index (χ1n) is 4.27. The number of nitrogens with zero attached hydrogens (tertiary/aromatic N) is 1. The second-order valence-electron chi connectivity index (χ2n) is 2.58. The summed E-state index contributed by atoms with van der Waals surface area (Å²) in [6, 6.07) is 0. The Labute approximate surface area is 91.6 Å². The lowest BCUT2D eigenvalue weighted by atomic mass is 10.5. The molecule has 1 heterocycles. The zero-order valence-corrected chi connectivity index (χ0v) is 8.84. The number of allylic oxidation sites excluding steroid dienone is 1. The smallest absolute Gasteiger partial charge is 0.356 e. The van der Waals surface area contributed by atoms with Gasteiger partial charge in [0, 0.05) is 0 Å². The van der Waals surface area contributed by atoms with Gasteiger partial charge in [-0.25, -0.2) is 9.78 Å². The Kier molecular flexibility index (Phi) is 4.05. The Bertz CT molecular complexity index is 398. The van der Waals surface area contributed by atoms with Crippen molar-refractivity contribution in [3.63, 3.8) is 0 Å². The van der Waals surface area contributed by atoms with Gasteiger partial charge in [0.1, 0.15) is 16.7 Å². The number of aromatic amines is 1. The van der Waals surface area contributed by atoms with E-state index in [9.17, 15) is 4.79 Å². The molecular formula is C9H10ClN3O2. The average molecular weight is 228 g/mol. The number of aromatic nitrogens is 2. The Morgan fingerprint density at radius 1 is 1.80 bits per heavy atom. The number of hydrogen-bond donors (Lipinski definition) is 2. The van der Waals surface area contributed by atoms with E-state index in [1.165, 1.54) is 18.3 Å². The van der Waals surface area contributed by atoms with Crippen LogP contribution in [-0.2, 0) is 4.74 Å². The van der Waals surface area contributed by atoms with Crippen molar-refractivity contribution in [1.29, 1.82) is 5.41 Å². The summed E-state index contributed by atoms with van der Waals surface area (Å²) in [5.41, 5.74) is 0.276. The van der Waals surface area contributed by atoms with Crippen molar-refractivity contribution in [2.24, 2.45) is 0 Å². The van der Waals surface area contributed by atoms with Gasteiger partial charge in [0.15, 0.2) is 0 Å². The lowest BCUT2D eigenvalue weighted by molar-refractivity contribution is 0.0520. The predicted octanol–water partition coefficient (Wildman–Crippen LogP) is 1.82. The van der Waals surface area contributed by atoms with Crippen LogP contribution in [0.3, 0.4) is 0 Å². The minimum Gasteiger partial charge on any atom is -0.461 e. The molecule has 0 aliphatic heterocycles. The van der Waals surface area contributed by atoms with Crippen molar-refractivity contribution < 1.29 is 9.53 Å². The number of rotatable bonds is 4. The number of carbonyl (C=O) groups excluding carboxylic acids is 1. The van der Waals surface area contributed by atoms with E-state index in [1.54, 1.807) is 6.92 Å². The summed E-state index contributed by atoms with van der Waals surface area (Å²) in [5, 5.41) is 6.84. The van der Waals surface area contributed by atoms with Gasteiger partial charge in [0.2, 0.25) is 0 Å². The highest BCUT2D eigenvalue weighted by atomic mass is 35.5. The highest BCUT2D eigenvalue weighted by Crippen LogP contribution is 2.02. The molecule has 0 aliphatic rings. The number of nitrogens with one attached hydrogen (secondary N) is 2. The van der Waals surface area contributed by atoms with Crippen LogP contribution in [0.5, 0.6) is 0 Å². The molecular weight excluding hydrogens is 218 g/mol. The Morgan fingerprint density at radius 2 is 2.53 bits per heavy atom. The molecule has 0 saturated heterocycles. The maximum atomic E-state index is 11.2. The largest absolute Gasteiger partial charge is 0.461 e. The molecule has 0 bridgehead atoms. The third-order valence-corrected chi connectivity index (χ3v) is 1.60. The molecule has 0 radical (unpaired) electrons. The fraction of sp³-hybridized carbons (Fsp3) is 0.222. The van der Waals surface area contributed by atoms with Gasteiger partial charge in [-0.15, -0.1) is 0 Å². The van der Waals surface area contributed by atoms with E-state index in [4.69, 9.17) is 21.7 Å². The maximum Gasteiger partial charge on any atom is 0.356 e. The molecule has 0 atom stereocenters. The van der Waals surface area contributed by atoms with Crippen molar-refractivity contribution in [3.05, 3.63) is 23.8 Å². The number of esters is 1. The second-order valence-corrected chi connectivity index (χ2v) is 2.99. The number of halogens is 1. The van der Waals surface area contributed by atoms with E-state index in [0.717, 1.165) is 0 Å². The van der Waals surface area contributed by atoms with Crippen LogP contribution in [0, 0.1) is 5.41 Å². The summed E-state index contributed by atoms with van der Waals surface area (Å²) >= 11 is 5.31. The summed E-state index contributed by atoms with van der Waals surface area (Å²) in [4.78, 5) is 17.8. The van der Waals surface area contributed by atoms with Gasteiger partial charge in [-0.1, -0.05) is 11.6 Å².